The number of H-pyrrole nitrogens is 1. The topological polar surface area (TPSA) is 110 Å². The van der Waals surface area contributed by atoms with Crippen LogP contribution in [0, 0.1) is 0 Å². The van der Waals surface area contributed by atoms with Gasteiger partial charge in [-0.15, -0.1) is 0 Å². The number of nitrogens with one attached hydrogen (secondary N) is 2. The standard InChI is InChI=1S/C14H19N3O5/c18-11-6-7-17(14(21)16-11)8-13(20)22-9-12(19)15-10-4-2-1-3-5-10/h6-7,10H,1-5,8-9H2,(H,15,19)(H,16,18,21). The summed E-state index contributed by atoms with van der Waals surface area (Å²) in [5, 5.41) is 2.82. The summed E-state index contributed by atoms with van der Waals surface area (Å²) < 4.78 is 5.83. The Kier molecular flexibility index (Phi) is 5.51. The molecule has 1 aromatic heterocycles. The molecule has 2 N–H and O–H groups in total. The van der Waals surface area contributed by atoms with Gasteiger partial charge in [0.25, 0.3) is 11.5 Å². The normalized spacial score (nSPS) is 15.3. The minimum Gasteiger partial charge on any atom is -0.454 e. The number of nitrogens with zero attached hydrogens (tertiary/aromatic N) is 1. The first-order chi connectivity index (χ1) is 10.5. The lowest BCUT2D eigenvalue weighted by Crippen LogP contribution is -2.39. The molecule has 0 radical (unpaired) electrons. The van der Waals surface area contributed by atoms with Crippen molar-refractivity contribution in [1.82, 2.24) is 14.9 Å². The maximum atomic E-state index is 11.7. The third kappa shape index (κ3) is 4.87. The van der Waals surface area contributed by atoms with E-state index >= 15 is 0 Å². The summed E-state index contributed by atoms with van der Waals surface area (Å²) in [4.78, 5) is 47.6. The predicted octanol–water partition coefficient (Wildman–Crippen LogP) is -0.471. The molecular formula is C14H19N3O5. The van der Waals surface area contributed by atoms with Crippen molar-refractivity contribution in [3.63, 3.8) is 0 Å². The molecule has 1 aliphatic rings. The number of hydrogen-bond acceptors (Lipinski definition) is 5. The van der Waals surface area contributed by atoms with Crippen LogP contribution in [0.3, 0.4) is 0 Å². The minimum absolute atomic E-state index is 0.154. The molecular weight excluding hydrogens is 290 g/mol. The van der Waals surface area contributed by atoms with E-state index in [4.69, 9.17) is 4.74 Å². The highest BCUT2D eigenvalue weighted by atomic mass is 16.5. The highest BCUT2D eigenvalue weighted by Gasteiger charge is 2.16. The van der Waals surface area contributed by atoms with Crippen LogP contribution in [0.2, 0.25) is 0 Å². The molecule has 0 aliphatic heterocycles. The molecule has 0 bridgehead atoms. The number of aromatic amines is 1. The molecule has 1 aromatic rings. The van der Waals surface area contributed by atoms with Gasteiger partial charge in [0.2, 0.25) is 0 Å². The zero-order valence-electron chi connectivity index (χ0n) is 12.2. The molecule has 1 saturated carbocycles. The number of hydrogen-bond donors (Lipinski definition) is 2. The lowest BCUT2D eigenvalue weighted by molar-refractivity contribution is -0.149. The molecule has 2 rings (SSSR count). The van der Waals surface area contributed by atoms with Crippen molar-refractivity contribution in [3.8, 4) is 0 Å². The first kappa shape index (κ1) is 16.0. The number of esters is 1. The number of aromatic nitrogens is 2. The Bertz CT molecular complexity index is 642. The van der Waals surface area contributed by atoms with E-state index in [9.17, 15) is 19.2 Å². The van der Waals surface area contributed by atoms with Crippen molar-refractivity contribution in [2.24, 2.45) is 0 Å². The molecule has 0 aromatic carbocycles. The second-order valence-corrected chi connectivity index (χ2v) is 5.30. The second kappa shape index (κ2) is 7.58. The Morgan fingerprint density at radius 1 is 1.27 bits per heavy atom. The monoisotopic (exact) mass is 309 g/mol. The van der Waals surface area contributed by atoms with Crippen molar-refractivity contribution < 1.29 is 14.3 Å². The molecule has 120 valence electrons. The Balaban J connectivity index is 1.76. The zero-order valence-corrected chi connectivity index (χ0v) is 12.2. The third-order valence-electron chi connectivity index (χ3n) is 3.53. The van der Waals surface area contributed by atoms with Crippen molar-refractivity contribution in [2.45, 2.75) is 44.7 Å². The van der Waals surface area contributed by atoms with Gasteiger partial charge in [0.1, 0.15) is 6.54 Å². The average molecular weight is 309 g/mol. The van der Waals surface area contributed by atoms with Crippen molar-refractivity contribution in [2.75, 3.05) is 6.61 Å². The molecule has 0 spiro atoms. The smallest absolute Gasteiger partial charge is 0.328 e. The average Bonchev–Trinajstić information content (AvgIpc) is 2.49. The quantitative estimate of drug-likeness (QED) is 0.714. The largest absolute Gasteiger partial charge is 0.454 e. The van der Waals surface area contributed by atoms with Gasteiger partial charge < -0.3 is 10.1 Å². The number of carbonyl (C=O) groups excluding carboxylic acids is 2. The van der Waals surface area contributed by atoms with Crippen molar-refractivity contribution in [3.05, 3.63) is 33.1 Å². The fraction of sp³-hybridized carbons (Fsp3) is 0.571. The van der Waals surface area contributed by atoms with Gasteiger partial charge in [-0.25, -0.2) is 4.79 Å². The lowest BCUT2D eigenvalue weighted by Gasteiger charge is -2.22. The van der Waals surface area contributed by atoms with E-state index < -0.39 is 17.2 Å². The predicted molar refractivity (Wildman–Crippen MR) is 77.3 cm³/mol. The van der Waals surface area contributed by atoms with E-state index in [1.807, 2.05) is 4.98 Å². The Labute approximate surface area is 126 Å². The van der Waals surface area contributed by atoms with Crippen molar-refractivity contribution in [1.29, 1.82) is 0 Å². The summed E-state index contributed by atoms with van der Waals surface area (Å²) in [5.74, 6) is -1.05. The second-order valence-electron chi connectivity index (χ2n) is 5.30. The van der Waals surface area contributed by atoms with E-state index in [1.54, 1.807) is 0 Å². The van der Waals surface area contributed by atoms with Crippen LogP contribution >= 0.6 is 0 Å². The highest BCUT2D eigenvalue weighted by molar-refractivity contribution is 5.80. The Morgan fingerprint density at radius 2 is 2.00 bits per heavy atom. The van der Waals surface area contributed by atoms with Crippen molar-refractivity contribution >= 4 is 11.9 Å². The summed E-state index contributed by atoms with van der Waals surface area (Å²) in [6, 6.07) is 1.28. The number of amides is 1. The Morgan fingerprint density at radius 3 is 2.68 bits per heavy atom. The fourth-order valence-electron chi connectivity index (χ4n) is 2.42. The zero-order chi connectivity index (χ0) is 15.9. The van der Waals surface area contributed by atoms with Crippen LogP contribution in [0.1, 0.15) is 32.1 Å². The third-order valence-corrected chi connectivity index (χ3v) is 3.53. The molecule has 1 amide bonds. The fourth-order valence-corrected chi connectivity index (χ4v) is 2.42. The first-order valence-electron chi connectivity index (χ1n) is 7.29. The molecule has 1 fully saturated rings. The van der Waals surface area contributed by atoms with Gasteiger partial charge in [-0.3, -0.25) is 23.9 Å². The van der Waals surface area contributed by atoms with Gasteiger partial charge in [-0.05, 0) is 12.8 Å². The number of ether oxygens (including phenoxy) is 1. The molecule has 1 heterocycles. The summed E-state index contributed by atoms with van der Waals surface area (Å²) in [5.41, 5.74) is -1.24. The van der Waals surface area contributed by atoms with Crippen LogP contribution in [0.5, 0.6) is 0 Å². The van der Waals surface area contributed by atoms with E-state index in [1.165, 1.54) is 12.6 Å². The van der Waals surface area contributed by atoms with E-state index in [0.29, 0.717) is 0 Å². The molecule has 0 unspecified atom stereocenters. The van der Waals surface area contributed by atoms with Gasteiger partial charge in [-0.2, -0.15) is 0 Å². The van der Waals surface area contributed by atoms with Crippen LogP contribution in [-0.4, -0.2) is 34.1 Å². The summed E-state index contributed by atoms with van der Waals surface area (Å²) in [7, 11) is 0. The first-order valence-corrected chi connectivity index (χ1v) is 7.29. The van der Waals surface area contributed by atoms with Gasteiger partial charge in [0, 0.05) is 18.3 Å². The SMILES string of the molecule is O=C(COC(=O)Cn1ccc(=O)[nH]c1=O)NC1CCCCC1. The van der Waals surface area contributed by atoms with E-state index in [-0.39, 0.29) is 25.1 Å². The van der Waals surface area contributed by atoms with Crippen LogP contribution in [0.4, 0.5) is 0 Å². The van der Waals surface area contributed by atoms with Gasteiger partial charge in [0.15, 0.2) is 6.61 Å². The molecule has 1 aliphatic carbocycles. The van der Waals surface area contributed by atoms with Crippen LogP contribution in [0.25, 0.3) is 0 Å². The Hall–Kier alpha value is -2.38. The molecule has 8 heteroatoms. The number of carbonyl (C=O) groups is 2. The van der Waals surface area contributed by atoms with E-state index in [0.717, 1.165) is 36.3 Å². The van der Waals surface area contributed by atoms with E-state index in [2.05, 4.69) is 5.32 Å². The highest BCUT2D eigenvalue weighted by Crippen LogP contribution is 2.17. The lowest BCUT2D eigenvalue weighted by atomic mass is 9.95. The molecule has 0 atom stereocenters. The van der Waals surface area contributed by atoms with Crippen LogP contribution < -0.4 is 16.6 Å². The van der Waals surface area contributed by atoms with Crippen LogP contribution in [-0.2, 0) is 20.9 Å². The van der Waals surface area contributed by atoms with Crippen LogP contribution in [0.15, 0.2) is 21.9 Å². The molecule has 8 nitrogen and oxygen atoms in total. The van der Waals surface area contributed by atoms with Gasteiger partial charge in [-0.1, -0.05) is 19.3 Å². The molecule has 0 saturated heterocycles. The summed E-state index contributed by atoms with van der Waals surface area (Å²) >= 11 is 0. The summed E-state index contributed by atoms with van der Waals surface area (Å²) in [6.45, 7) is -0.722. The maximum absolute atomic E-state index is 11.7. The van der Waals surface area contributed by atoms with Gasteiger partial charge in [0.05, 0.1) is 0 Å². The molecule has 22 heavy (non-hydrogen) atoms. The maximum Gasteiger partial charge on any atom is 0.328 e. The van der Waals surface area contributed by atoms with Gasteiger partial charge >= 0.3 is 11.7 Å². The minimum atomic E-state index is -0.715. The summed E-state index contributed by atoms with van der Waals surface area (Å²) in [6.07, 6.45) is 6.48. The number of rotatable bonds is 5.